The molecule has 0 aliphatic heterocycles. The molecule has 16 heavy (non-hydrogen) atoms. The minimum atomic E-state index is 0.739. The molecular formula is C14H21NO. The zero-order valence-electron chi connectivity index (χ0n) is 10.3. The predicted octanol–water partition coefficient (Wildman–Crippen LogP) is 2.94. The summed E-state index contributed by atoms with van der Waals surface area (Å²) in [6, 6.07) is 6.44. The minimum absolute atomic E-state index is 0.739. The van der Waals surface area contributed by atoms with Gasteiger partial charge in [0.1, 0.15) is 0 Å². The normalized spacial score (nSPS) is 10.1. The Balaban J connectivity index is 2.26. The number of hydrogen-bond acceptors (Lipinski definition) is 2. The Hall–Kier alpha value is -1.28. The van der Waals surface area contributed by atoms with Gasteiger partial charge < -0.3 is 10.1 Å². The van der Waals surface area contributed by atoms with E-state index in [4.69, 9.17) is 4.74 Å². The molecule has 0 saturated carbocycles. The number of benzene rings is 1. The molecule has 0 unspecified atom stereocenters. The van der Waals surface area contributed by atoms with Crippen LogP contribution >= 0.6 is 0 Å². The molecule has 1 rings (SSSR count). The molecule has 1 aromatic rings. The Bertz CT molecular complexity index is 334. The molecule has 0 amide bonds. The second-order valence-electron chi connectivity index (χ2n) is 3.93. The number of rotatable bonds is 7. The standard InChI is InChI=1S/C14H21NO/c1-4-16-10-6-9-15-11-14-8-5-7-12(2)13(14)3/h4-5,7-8,15H,1,6,9-11H2,2-3H3. The van der Waals surface area contributed by atoms with Gasteiger partial charge in [0.15, 0.2) is 0 Å². The van der Waals surface area contributed by atoms with E-state index in [9.17, 15) is 0 Å². The average molecular weight is 219 g/mol. The molecule has 0 fully saturated rings. The first-order chi connectivity index (χ1) is 7.75. The van der Waals surface area contributed by atoms with Crippen LogP contribution in [-0.2, 0) is 11.3 Å². The molecule has 0 radical (unpaired) electrons. The van der Waals surface area contributed by atoms with Gasteiger partial charge in [-0.2, -0.15) is 0 Å². The number of hydrogen-bond donors (Lipinski definition) is 1. The topological polar surface area (TPSA) is 21.3 Å². The van der Waals surface area contributed by atoms with Crippen molar-refractivity contribution in [3.8, 4) is 0 Å². The molecule has 1 N–H and O–H groups in total. The van der Waals surface area contributed by atoms with Crippen molar-refractivity contribution in [3.63, 3.8) is 0 Å². The van der Waals surface area contributed by atoms with Crippen molar-refractivity contribution in [2.45, 2.75) is 26.8 Å². The third kappa shape index (κ3) is 4.07. The largest absolute Gasteiger partial charge is 0.502 e. The van der Waals surface area contributed by atoms with Crippen molar-refractivity contribution in [3.05, 3.63) is 47.7 Å². The summed E-state index contributed by atoms with van der Waals surface area (Å²) in [7, 11) is 0. The third-order valence-corrected chi connectivity index (χ3v) is 2.77. The summed E-state index contributed by atoms with van der Waals surface area (Å²) in [5, 5.41) is 3.41. The smallest absolute Gasteiger partial charge is 0.0885 e. The van der Waals surface area contributed by atoms with Crippen molar-refractivity contribution in [1.29, 1.82) is 0 Å². The zero-order chi connectivity index (χ0) is 11.8. The first-order valence-corrected chi connectivity index (χ1v) is 5.74. The fourth-order valence-corrected chi connectivity index (χ4v) is 1.59. The van der Waals surface area contributed by atoms with Crippen molar-refractivity contribution in [1.82, 2.24) is 5.32 Å². The first-order valence-electron chi connectivity index (χ1n) is 5.74. The van der Waals surface area contributed by atoms with Crippen LogP contribution in [-0.4, -0.2) is 13.2 Å². The maximum Gasteiger partial charge on any atom is 0.0885 e. The molecule has 0 aliphatic rings. The summed E-state index contributed by atoms with van der Waals surface area (Å²) in [6.45, 7) is 10.5. The fourth-order valence-electron chi connectivity index (χ4n) is 1.59. The molecule has 2 nitrogen and oxygen atoms in total. The summed E-state index contributed by atoms with van der Waals surface area (Å²) >= 11 is 0. The van der Waals surface area contributed by atoms with Gasteiger partial charge in [-0.25, -0.2) is 0 Å². The highest BCUT2D eigenvalue weighted by Crippen LogP contribution is 2.11. The Morgan fingerprint density at radius 3 is 2.94 bits per heavy atom. The van der Waals surface area contributed by atoms with E-state index in [0.717, 1.165) is 26.1 Å². The van der Waals surface area contributed by atoms with Crippen LogP contribution in [0.1, 0.15) is 23.1 Å². The maximum absolute atomic E-state index is 5.05. The van der Waals surface area contributed by atoms with E-state index in [2.05, 4.69) is 43.9 Å². The highest BCUT2D eigenvalue weighted by molar-refractivity contribution is 5.32. The number of nitrogens with one attached hydrogen (secondary N) is 1. The summed E-state index contributed by atoms with van der Waals surface area (Å²) in [5.41, 5.74) is 4.12. The lowest BCUT2D eigenvalue weighted by Gasteiger charge is -2.09. The lowest BCUT2D eigenvalue weighted by atomic mass is 10.0. The van der Waals surface area contributed by atoms with Gasteiger partial charge in [-0.15, -0.1) is 0 Å². The molecule has 0 aromatic heterocycles. The Kier molecular flexibility index (Phi) is 5.65. The van der Waals surface area contributed by atoms with Gasteiger partial charge in [-0.3, -0.25) is 0 Å². The van der Waals surface area contributed by atoms with E-state index in [1.165, 1.54) is 23.0 Å². The molecule has 1 aromatic carbocycles. The summed E-state index contributed by atoms with van der Waals surface area (Å²) in [5.74, 6) is 0. The number of aryl methyl sites for hydroxylation is 1. The molecule has 2 heteroatoms. The summed E-state index contributed by atoms with van der Waals surface area (Å²) in [4.78, 5) is 0. The van der Waals surface area contributed by atoms with Crippen LogP contribution < -0.4 is 5.32 Å². The molecule has 0 aliphatic carbocycles. The quantitative estimate of drug-likeness (QED) is 0.562. The predicted molar refractivity (Wildman–Crippen MR) is 68.4 cm³/mol. The third-order valence-electron chi connectivity index (χ3n) is 2.77. The van der Waals surface area contributed by atoms with Gasteiger partial charge in [-0.05, 0) is 43.5 Å². The monoisotopic (exact) mass is 219 g/mol. The lowest BCUT2D eigenvalue weighted by Crippen LogP contribution is -2.16. The fraction of sp³-hybridized carbons (Fsp3) is 0.429. The van der Waals surface area contributed by atoms with Gasteiger partial charge in [0.25, 0.3) is 0 Å². The lowest BCUT2D eigenvalue weighted by molar-refractivity contribution is 0.244. The van der Waals surface area contributed by atoms with Crippen LogP contribution in [0.4, 0.5) is 0 Å². The van der Waals surface area contributed by atoms with Gasteiger partial charge in [0.05, 0.1) is 12.9 Å². The molecular weight excluding hydrogens is 198 g/mol. The van der Waals surface area contributed by atoms with Crippen molar-refractivity contribution in [2.24, 2.45) is 0 Å². The summed E-state index contributed by atoms with van der Waals surface area (Å²) in [6.07, 6.45) is 2.50. The van der Waals surface area contributed by atoms with E-state index < -0.39 is 0 Å². The molecule has 0 saturated heterocycles. The van der Waals surface area contributed by atoms with Gasteiger partial charge in [-0.1, -0.05) is 24.8 Å². The average Bonchev–Trinajstić information content (AvgIpc) is 2.29. The second-order valence-corrected chi connectivity index (χ2v) is 3.93. The Labute approximate surface area is 98.3 Å². The maximum atomic E-state index is 5.05. The van der Waals surface area contributed by atoms with Crippen LogP contribution in [0.15, 0.2) is 31.0 Å². The van der Waals surface area contributed by atoms with E-state index in [1.807, 2.05) is 0 Å². The van der Waals surface area contributed by atoms with Crippen LogP contribution in [0.5, 0.6) is 0 Å². The van der Waals surface area contributed by atoms with Crippen molar-refractivity contribution >= 4 is 0 Å². The molecule has 0 bridgehead atoms. The Morgan fingerprint density at radius 1 is 1.38 bits per heavy atom. The number of ether oxygens (including phenoxy) is 1. The van der Waals surface area contributed by atoms with Crippen LogP contribution in [0.3, 0.4) is 0 Å². The molecule has 88 valence electrons. The second kappa shape index (κ2) is 7.07. The van der Waals surface area contributed by atoms with Crippen molar-refractivity contribution < 1.29 is 4.74 Å². The van der Waals surface area contributed by atoms with Gasteiger partial charge in [0.2, 0.25) is 0 Å². The van der Waals surface area contributed by atoms with Crippen LogP contribution in [0, 0.1) is 13.8 Å². The molecule has 0 atom stereocenters. The Morgan fingerprint density at radius 2 is 2.19 bits per heavy atom. The SMILES string of the molecule is C=COCCCNCc1cccc(C)c1C. The highest BCUT2D eigenvalue weighted by Gasteiger charge is 1.99. The first kappa shape index (κ1) is 12.8. The van der Waals surface area contributed by atoms with Crippen LogP contribution in [0.2, 0.25) is 0 Å². The minimum Gasteiger partial charge on any atom is -0.502 e. The van der Waals surface area contributed by atoms with E-state index >= 15 is 0 Å². The highest BCUT2D eigenvalue weighted by atomic mass is 16.5. The van der Waals surface area contributed by atoms with Crippen LogP contribution in [0.25, 0.3) is 0 Å². The van der Waals surface area contributed by atoms with E-state index in [-0.39, 0.29) is 0 Å². The van der Waals surface area contributed by atoms with E-state index in [0.29, 0.717) is 0 Å². The van der Waals surface area contributed by atoms with Gasteiger partial charge >= 0.3 is 0 Å². The molecule has 0 spiro atoms. The van der Waals surface area contributed by atoms with Crippen molar-refractivity contribution in [2.75, 3.05) is 13.2 Å². The summed E-state index contributed by atoms with van der Waals surface area (Å²) < 4.78 is 5.05. The zero-order valence-corrected chi connectivity index (χ0v) is 10.3. The van der Waals surface area contributed by atoms with Gasteiger partial charge in [0, 0.05) is 6.54 Å². The molecule has 0 heterocycles. The van der Waals surface area contributed by atoms with E-state index in [1.54, 1.807) is 0 Å².